The number of rotatable bonds is 8. The molecular formula is C22H26ClN5O3. The van der Waals surface area contributed by atoms with Crippen molar-refractivity contribution >= 4 is 17.6 Å². The third-order valence-corrected chi connectivity index (χ3v) is 4.90. The van der Waals surface area contributed by atoms with Crippen molar-refractivity contribution in [1.29, 1.82) is 0 Å². The third kappa shape index (κ3) is 5.88. The molecule has 1 atom stereocenters. The second-order valence-corrected chi connectivity index (χ2v) is 7.18. The van der Waals surface area contributed by atoms with E-state index in [1.54, 1.807) is 33.4 Å². The van der Waals surface area contributed by atoms with Crippen molar-refractivity contribution in [3.8, 4) is 22.9 Å². The van der Waals surface area contributed by atoms with Crippen molar-refractivity contribution in [3.63, 3.8) is 0 Å². The molecule has 2 aromatic carbocycles. The molecule has 0 saturated heterocycles. The van der Waals surface area contributed by atoms with E-state index >= 15 is 0 Å². The molecule has 0 aliphatic heterocycles. The molecule has 8 nitrogen and oxygen atoms in total. The van der Waals surface area contributed by atoms with Gasteiger partial charge in [0.1, 0.15) is 11.5 Å². The monoisotopic (exact) mass is 443 g/mol. The summed E-state index contributed by atoms with van der Waals surface area (Å²) in [7, 11) is 5.00. The molecule has 0 bridgehead atoms. The smallest absolute Gasteiger partial charge is 0.228 e. The molecule has 0 fully saturated rings. The van der Waals surface area contributed by atoms with Crippen molar-refractivity contribution in [3.05, 3.63) is 58.9 Å². The van der Waals surface area contributed by atoms with Gasteiger partial charge in [-0.1, -0.05) is 28.9 Å². The highest BCUT2D eigenvalue weighted by Crippen LogP contribution is 2.29. The summed E-state index contributed by atoms with van der Waals surface area (Å²) in [5.74, 6) is 3.22. The van der Waals surface area contributed by atoms with E-state index in [4.69, 9.17) is 25.6 Å². The number of hydrogen-bond donors (Lipinski definition) is 2. The van der Waals surface area contributed by atoms with Crippen molar-refractivity contribution in [2.24, 2.45) is 4.99 Å². The zero-order valence-electron chi connectivity index (χ0n) is 18.0. The van der Waals surface area contributed by atoms with E-state index in [-0.39, 0.29) is 6.04 Å². The van der Waals surface area contributed by atoms with E-state index in [9.17, 15) is 0 Å². The molecule has 0 spiro atoms. The van der Waals surface area contributed by atoms with Gasteiger partial charge in [-0.2, -0.15) is 4.98 Å². The fourth-order valence-corrected chi connectivity index (χ4v) is 3.23. The molecule has 0 radical (unpaired) electrons. The molecule has 2 N–H and O–H groups in total. The van der Waals surface area contributed by atoms with Crippen molar-refractivity contribution < 1.29 is 14.0 Å². The fraction of sp³-hybridized carbons (Fsp3) is 0.318. The Morgan fingerprint density at radius 3 is 2.74 bits per heavy atom. The van der Waals surface area contributed by atoms with E-state index in [1.165, 1.54) is 0 Å². The molecule has 3 rings (SSSR count). The molecule has 3 aromatic rings. The number of ether oxygens (including phenoxy) is 2. The Bertz CT molecular complexity index is 1040. The highest BCUT2D eigenvalue weighted by atomic mass is 35.5. The first kappa shape index (κ1) is 22.4. The van der Waals surface area contributed by atoms with Crippen LogP contribution < -0.4 is 20.1 Å². The van der Waals surface area contributed by atoms with Gasteiger partial charge in [-0.05, 0) is 37.3 Å². The molecule has 9 heteroatoms. The maximum absolute atomic E-state index is 6.03. The molecule has 0 aliphatic carbocycles. The molecule has 1 unspecified atom stereocenters. The predicted molar refractivity (Wildman–Crippen MR) is 121 cm³/mol. The Morgan fingerprint density at radius 1 is 1.19 bits per heavy atom. The van der Waals surface area contributed by atoms with Gasteiger partial charge in [0, 0.05) is 36.2 Å². The Labute approximate surface area is 186 Å². The molecule has 1 aromatic heterocycles. The van der Waals surface area contributed by atoms with Crippen LogP contribution in [-0.4, -0.2) is 43.9 Å². The van der Waals surface area contributed by atoms with Crippen LogP contribution in [0.5, 0.6) is 11.5 Å². The first-order chi connectivity index (χ1) is 15.0. The topological polar surface area (TPSA) is 93.8 Å². The van der Waals surface area contributed by atoms with Gasteiger partial charge in [0.2, 0.25) is 11.7 Å². The molecule has 1 heterocycles. The van der Waals surface area contributed by atoms with Gasteiger partial charge in [0.25, 0.3) is 0 Å². The first-order valence-electron chi connectivity index (χ1n) is 9.81. The van der Waals surface area contributed by atoms with Gasteiger partial charge in [0.15, 0.2) is 5.96 Å². The van der Waals surface area contributed by atoms with Gasteiger partial charge < -0.3 is 24.6 Å². The lowest BCUT2D eigenvalue weighted by molar-refractivity contribution is 0.378. The number of aromatic nitrogens is 2. The van der Waals surface area contributed by atoms with Gasteiger partial charge in [-0.25, -0.2) is 0 Å². The van der Waals surface area contributed by atoms with Crippen molar-refractivity contribution in [2.75, 3.05) is 27.8 Å². The van der Waals surface area contributed by atoms with E-state index in [0.29, 0.717) is 35.7 Å². The molecule has 0 amide bonds. The summed E-state index contributed by atoms with van der Waals surface area (Å²) in [6, 6.07) is 13.0. The average Bonchev–Trinajstić information content (AvgIpc) is 3.26. The second-order valence-electron chi connectivity index (χ2n) is 6.74. The summed E-state index contributed by atoms with van der Waals surface area (Å²) in [6.45, 7) is 2.60. The number of hydrogen-bond acceptors (Lipinski definition) is 6. The summed E-state index contributed by atoms with van der Waals surface area (Å²) in [4.78, 5) is 8.71. The van der Waals surface area contributed by atoms with Crippen LogP contribution in [0.3, 0.4) is 0 Å². The number of aliphatic imine (C=N–C) groups is 1. The number of guanidine groups is 1. The molecule has 31 heavy (non-hydrogen) atoms. The standard InChI is InChI=1S/C22H26ClN5O3/c1-14(18-13-17(29-3)8-9-19(18)30-4)26-22(24-2)25-11-10-20-27-21(28-31-20)15-6-5-7-16(23)12-15/h5-9,12-14H,10-11H2,1-4H3,(H2,24,25,26). The van der Waals surface area contributed by atoms with Crippen LogP contribution in [0, 0.1) is 0 Å². The van der Waals surface area contributed by atoms with Crippen molar-refractivity contribution in [2.45, 2.75) is 19.4 Å². The molecule has 0 aliphatic rings. The Kier molecular flexibility index (Phi) is 7.72. The van der Waals surface area contributed by atoms with E-state index in [2.05, 4.69) is 25.8 Å². The number of nitrogens with zero attached hydrogens (tertiary/aromatic N) is 3. The highest BCUT2D eigenvalue weighted by Gasteiger charge is 2.15. The second kappa shape index (κ2) is 10.7. The third-order valence-electron chi connectivity index (χ3n) is 4.66. The van der Waals surface area contributed by atoms with Gasteiger partial charge in [-0.3, -0.25) is 4.99 Å². The van der Waals surface area contributed by atoms with Crippen LogP contribution >= 0.6 is 11.6 Å². The summed E-state index contributed by atoms with van der Waals surface area (Å²) < 4.78 is 16.2. The van der Waals surface area contributed by atoms with Gasteiger partial charge in [-0.15, -0.1) is 0 Å². The van der Waals surface area contributed by atoms with E-state index < -0.39 is 0 Å². The first-order valence-corrected chi connectivity index (χ1v) is 10.2. The quantitative estimate of drug-likeness (QED) is 0.403. The van der Waals surface area contributed by atoms with Crippen LogP contribution in [0.4, 0.5) is 0 Å². The van der Waals surface area contributed by atoms with Crippen LogP contribution in [0.15, 0.2) is 52.0 Å². The van der Waals surface area contributed by atoms with Crippen LogP contribution in [0.2, 0.25) is 5.02 Å². The van der Waals surface area contributed by atoms with Crippen LogP contribution in [0.25, 0.3) is 11.4 Å². The van der Waals surface area contributed by atoms with Gasteiger partial charge >= 0.3 is 0 Å². The number of methoxy groups -OCH3 is 2. The normalized spacial score (nSPS) is 12.4. The number of halogens is 1. The molecular weight excluding hydrogens is 418 g/mol. The van der Waals surface area contributed by atoms with Crippen LogP contribution in [-0.2, 0) is 6.42 Å². The minimum atomic E-state index is -0.0610. The maximum atomic E-state index is 6.03. The largest absolute Gasteiger partial charge is 0.497 e. The maximum Gasteiger partial charge on any atom is 0.228 e. The van der Waals surface area contributed by atoms with E-state index in [0.717, 1.165) is 22.6 Å². The summed E-state index contributed by atoms with van der Waals surface area (Å²) in [5, 5.41) is 11.3. The van der Waals surface area contributed by atoms with Crippen molar-refractivity contribution in [1.82, 2.24) is 20.8 Å². The molecule has 0 saturated carbocycles. The summed E-state index contributed by atoms with van der Waals surface area (Å²) in [6.07, 6.45) is 0.547. The summed E-state index contributed by atoms with van der Waals surface area (Å²) in [5.41, 5.74) is 1.78. The number of nitrogens with one attached hydrogen (secondary N) is 2. The predicted octanol–water partition coefficient (Wildman–Crippen LogP) is 3.88. The van der Waals surface area contributed by atoms with Crippen LogP contribution in [0.1, 0.15) is 24.4 Å². The minimum Gasteiger partial charge on any atom is -0.497 e. The van der Waals surface area contributed by atoms with Gasteiger partial charge in [0.05, 0.1) is 20.3 Å². The fourth-order valence-electron chi connectivity index (χ4n) is 3.04. The Balaban J connectivity index is 1.57. The Hall–Kier alpha value is -3.26. The zero-order valence-corrected chi connectivity index (χ0v) is 18.7. The average molecular weight is 444 g/mol. The summed E-state index contributed by atoms with van der Waals surface area (Å²) >= 11 is 6.03. The van der Waals surface area contributed by atoms with E-state index in [1.807, 2.05) is 37.3 Å². The lowest BCUT2D eigenvalue weighted by Gasteiger charge is -2.20. The lowest BCUT2D eigenvalue weighted by atomic mass is 10.1. The number of benzene rings is 2. The SMILES string of the molecule is CN=C(NCCc1nc(-c2cccc(Cl)c2)no1)NC(C)c1cc(OC)ccc1OC. The minimum absolute atomic E-state index is 0.0610. The molecule has 164 valence electrons. The zero-order chi connectivity index (χ0) is 22.2. The Morgan fingerprint density at radius 2 is 2.03 bits per heavy atom. The lowest BCUT2D eigenvalue weighted by Crippen LogP contribution is -2.39. The highest BCUT2D eigenvalue weighted by molar-refractivity contribution is 6.30.